The number of halogens is 3. The molecule has 0 spiro atoms. The van der Waals surface area contributed by atoms with E-state index in [4.69, 9.17) is 9.47 Å². The molecule has 3 rings (SSSR count). The van der Waals surface area contributed by atoms with Crippen molar-refractivity contribution in [2.45, 2.75) is 51.4 Å². The molecule has 1 N–H and O–H groups in total. The second kappa shape index (κ2) is 7.80. The number of anilines is 1. The second-order valence-corrected chi connectivity index (χ2v) is 8.35. The third kappa shape index (κ3) is 4.85. The molecule has 1 unspecified atom stereocenters. The molecule has 1 fully saturated rings. The number of carbonyl (C=O) groups is 1. The first-order valence-electron chi connectivity index (χ1n) is 9.45. The average Bonchev–Trinajstić information content (AvgIpc) is 3.06. The van der Waals surface area contributed by atoms with Crippen molar-refractivity contribution in [3.05, 3.63) is 21.9 Å². The first-order valence-corrected chi connectivity index (χ1v) is 9.45. The van der Waals surface area contributed by atoms with Gasteiger partial charge in [-0.25, -0.2) is 9.78 Å². The Hall–Kier alpha value is -2.79. The van der Waals surface area contributed by atoms with Crippen molar-refractivity contribution in [1.29, 1.82) is 0 Å². The van der Waals surface area contributed by atoms with E-state index >= 15 is 0 Å². The van der Waals surface area contributed by atoms with Gasteiger partial charge in [-0.3, -0.25) is 10.1 Å². The van der Waals surface area contributed by atoms with Crippen molar-refractivity contribution in [1.82, 2.24) is 10.3 Å². The molecule has 0 aromatic carbocycles. The van der Waals surface area contributed by atoms with Gasteiger partial charge in [0, 0.05) is 25.1 Å². The van der Waals surface area contributed by atoms with Gasteiger partial charge in [-0.1, -0.05) is 0 Å². The van der Waals surface area contributed by atoms with Gasteiger partial charge in [0.15, 0.2) is 0 Å². The maximum atomic E-state index is 13.6. The lowest BCUT2D eigenvalue weighted by molar-refractivity contribution is -0.384. The third-order valence-electron chi connectivity index (χ3n) is 4.83. The molecule has 1 aromatic heterocycles. The number of aromatic nitrogens is 1. The summed E-state index contributed by atoms with van der Waals surface area (Å²) in [6, 6.07) is -0.911. The minimum atomic E-state index is -4.53. The van der Waals surface area contributed by atoms with Crippen LogP contribution in [0.5, 0.6) is 5.88 Å². The lowest BCUT2D eigenvalue weighted by Gasteiger charge is -2.40. The molecule has 1 amide bonds. The molecule has 3 heterocycles. The van der Waals surface area contributed by atoms with Crippen molar-refractivity contribution in [2.75, 3.05) is 24.6 Å². The van der Waals surface area contributed by atoms with Crippen molar-refractivity contribution in [3.63, 3.8) is 0 Å². The zero-order chi connectivity index (χ0) is 22.3. The number of carbonyl (C=O) groups excluding carboxylic acids is 1. The topological polar surface area (TPSA) is 107 Å². The van der Waals surface area contributed by atoms with Crippen molar-refractivity contribution in [2.24, 2.45) is 5.92 Å². The van der Waals surface area contributed by atoms with Gasteiger partial charge >= 0.3 is 18.0 Å². The van der Waals surface area contributed by atoms with Crippen LogP contribution in [0, 0.1) is 16.0 Å². The number of rotatable bonds is 3. The summed E-state index contributed by atoms with van der Waals surface area (Å²) in [4.78, 5) is 28.2. The number of hydrogen-bond acceptors (Lipinski definition) is 7. The van der Waals surface area contributed by atoms with E-state index in [-0.39, 0.29) is 31.1 Å². The summed E-state index contributed by atoms with van der Waals surface area (Å²) in [6.45, 7) is 4.66. The Morgan fingerprint density at radius 3 is 2.67 bits per heavy atom. The number of hydrogen-bond donors (Lipinski definition) is 1. The zero-order valence-electron chi connectivity index (χ0n) is 16.8. The molecule has 0 radical (unpaired) electrons. The Bertz CT molecular complexity index is 840. The van der Waals surface area contributed by atoms with Crippen LogP contribution in [-0.2, 0) is 11.2 Å². The SMILES string of the molecule is CC(C)(C)OC(=O)NC1C[C@@H](C(F)(F)F)CN(c2c([N+](=O)[O-])cnc3c2CCO3)C1. The fourth-order valence-electron chi connectivity index (χ4n) is 3.70. The minimum Gasteiger partial charge on any atom is -0.477 e. The minimum absolute atomic E-state index is 0.0386. The van der Waals surface area contributed by atoms with Crippen LogP contribution in [0.25, 0.3) is 0 Å². The molecule has 0 aliphatic carbocycles. The second-order valence-electron chi connectivity index (χ2n) is 8.35. The highest BCUT2D eigenvalue weighted by Crippen LogP contribution is 2.42. The molecule has 9 nitrogen and oxygen atoms in total. The van der Waals surface area contributed by atoms with Crippen LogP contribution in [0.1, 0.15) is 32.8 Å². The molecule has 1 aromatic rings. The Kier molecular flexibility index (Phi) is 5.70. The Morgan fingerprint density at radius 1 is 1.37 bits per heavy atom. The van der Waals surface area contributed by atoms with Gasteiger partial charge in [-0.15, -0.1) is 0 Å². The predicted molar refractivity (Wildman–Crippen MR) is 99.6 cm³/mol. The van der Waals surface area contributed by atoms with Crippen molar-refractivity contribution < 1.29 is 32.4 Å². The summed E-state index contributed by atoms with van der Waals surface area (Å²) in [7, 11) is 0. The van der Waals surface area contributed by atoms with E-state index < -0.39 is 47.0 Å². The molecular weight excluding hydrogens is 409 g/mol. The molecule has 2 atom stereocenters. The first kappa shape index (κ1) is 21.9. The van der Waals surface area contributed by atoms with Gasteiger partial charge in [0.2, 0.25) is 5.88 Å². The van der Waals surface area contributed by atoms with Crippen molar-refractivity contribution in [3.8, 4) is 5.88 Å². The molecule has 2 aliphatic rings. The van der Waals surface area contributed by atoms with E-state index in [0.29, 0.717) is 12.0 Å². The molecule has 12 heteroatoms. The van der Waals surface area contributed by atoms with E-state index in [0.717, 1.165) is 6.20 Å². The predicted octanol–water partition coefficient (Wildman–Crippen LogP) is 3.21. The van der Waals surface area contributed by atoms with Gasteiger partial charge in [-0.05, 0) is 27.2 Å². The quantitative estimate of drug-likeness (QED) is 0.577. The molecule has 166 valence electrons. The van der Waals surface area contributed by atoms with Crippen LogP contribution in [0.2, 0.25) is 0 Å². The summed E-state index contributed by atoms with van der Waals surface area (Å²) in [5.41, 5.74) is -0.738. The van der Waals surface area contributed by atoms with E-state index in [2.05, 4.69) is 10.3 Å². The number of alkyl halides is 3. The van der Waals surface area contributed by atoms with Gasteiger partial charge in [0.25, 0.3) is 0 Å². The van der Waals surface area contributed by atoms with E-state index in [1.807, 2.05) is 0 Å². The number of piperidine rings is 1. The van der Waals surface area contributed by atoms with Gasteiger partial charge in [0.05, 0.1) is 23.5 Å². The number of pyridine rings is 1. The maximum absolute atomic E-state index is 13.6. The summed E-state index contributed by atoms with van der Waals surface area (Å²) in [5.74, 6) is -1.60. The summed E-state index contributed by atoms with van der Waals surface area (Å²) in [6.07, 6.45) is -4.43. The van der Waals surface area contributed by atoms with Gasteiger partial charge < -0.3 is 19.7 Å². The fraction of sp³-hybridized carbons (Fsp3) is 0.667. The highest BCUT2D eigenvalue weighted by molar-refractivity contribution is 5.71. The molecule has 1 saturated heterocycles. The van der Waals surface area contributed by atoms with E-state index in [1.54, 1.807) is 20.8 Å². The monoisotopic (exact) mass is 432 g/mol. The smallest absolute Gasteiger partial charge is 0.407 e. The number of nitrogens with zero attached hydrogens (tertiary/aromatic N) is 3. The van der Waals surface area contributed by atoms with Crippen LogP contribution in [0.15, 0.2) is 6.20 Å². The molecule has 0 saturated carbocycles. The number of nitrogens with one attached hydrogen (secondary N) is 1. The Labute approximate surface area is 170 Å². The number of fused-ring (bicyclic) bond motifs is 1. The largest absolute Gasteiger partial charge is 0.477 e. The van der Waals surface area contributed by atoms with Crippen LogP contribution in [-0.4, -0.2) is 53.5 Å². The van der Waals surface area contributed by atoms with Gasteiger partial charge in [0.1, 0.15) is 17.5 Å². The third-order valence-corrected chi connectivity index (χ3v) is 4.83. The lowest BCUT2D eigenvalue weighted by Crippen LogP contribution is -2.54. The number of amides is 1. The Balaban J connectivity index is 1.93. The molecule has 0 bridgehead atoms. The van der Waals surface area contributed by atoms with Crippen LogP contribution >= 0.6 is 0 Å². The van der Waals surface area contributed by atoms with Crippen LogP contribution in [0.3, 0.4) is 0 Å². The number of alkyl carbamates (subject to hydrolysis) is 1. The van der Waals surface area contributed by atoms with E-state index in [1.165, 1.54) is 4.90 Å². The summed E-state index contributed by atoms with van der Waals surface area (Å²) >= 11 is 0. The molecular formula is C18H23F3N4O5. The molecule has 30 heavy (non-hydrogen) atoms. The summed E-state index contributed by atoms with van der Waals surface area (Å²) in [5, 5.41) is 14.0. The number of nitro groups is 1. The van der Waals surface area contributed by atoms with E-state index in [9.17, 15) is 28.1 Å². The standard InChI is InChI=1S/C18H23F3N4O5/c1-17(2,3)30-16(26)23-11-6-10(18(19,20)21)8-24(9-11)14-12-4-5-29-15(12)22-7-13(14)25(27)28/h7,10-11H,4-6,8-9H2,1-3H3,(H,23,26)/t10-,11?/m1/s1. The van der Waals surface area contributed by atoms with Crippen LogP contribution in [0.4, 0.5) is 29.3 Å². The fourth-order valence-corrected chi connectivity index (χ4v) is 3.70. The first-order chi connectivity index (χ1) is 13.8. The normalized spacial score (nSPS) is 21.6. The zero-order valence-corrected chi connectivity index (χ0v) is 16.8. The maximum Gasteiger partial charge on any atom is 0.407 e. The van der Waals surface area contributed by atoms with Crippen molar-refractivity contribution >= 4 is 17.5 Å². The average molecular weight is 432 g/mol. The summed E-state index contributed by atoms with van der Waals surface area (Å²) < 4.78 is 51.3. The highest BCUT2D eigenvalue weighted by Gasteiger charge is 2.46. The highest BCUT2D eigenvalue weighted by atomic mass is 19.4. The number of ether oxygens (including phenoxy) is 2. The lowest BCUT2D eigenvalue weighted by atomic mass is 9.92. The van der Waals surface area contributed by atoms with Gasteiger partial charge in [-0.2, -0.15) is 13.2 Å². The van der Waals surface area contributed by atoms with Crippen LogP contribution < -0.4 is 15.0 Å². The molecule has 2 aliphatic heterocycles. The Morgan fingerprint density at radius 2 is 2.07 bits per heavy atom.